The Morgan fingerprint density at radius 1 is 1.38 bits per heavy atom. The Kier molecular flexibility index (Phi) is 5.00. The van der Waals surface area contributed by atoms with E-state index in [1.807, 2.05) is 49.2 Å². The van der Waals surface area contributed by atoms with Crippen molar-refractivity contribution >= 4 is 15.7 Å². The summed E-state index contributed by atoms with van der Waals surface area (Å²) in [5, 5.41) is 2.81. The van der Waals surface area contributed by atoms with Gasteiger partial charge in [0.1, 0.15) is 0 Å². The monoisotopic (exact) mass is 310 g/mol. The first kappa shape index (κ1) is 16.0. The van der Waals surface area contributed by atoms with Crippen LogP contribution in [0.4, 0.5) is 0 Å². The average molecular weight is 310 g/mol. The molecule has 1 aromatic carbocycles. The van der Waals surface area contributed by atoms with Gasteiger partial charge in [0.2, 0.25) is 5.91 Å². The quantitative estimate of drug-likeness (QED) is 0.880. The summed E-state index contributed by atoms with van der Waals surface area (Å²) in [5.41, 5.74) is 1.15. The number of amides is 1. The fourth-order valence-corrected chi connectivity index (χ4v) is 4.20. The molecule has 0 aliphatic carbocycles. The molecule has 0 unspecified atom stereocenters. The minimum atomic E-state index is -2.96. The highest BCUT2D eigenvalue weighted by Gasteiger charge is 2.29. The lowest BCUT2D eigenvalue weighted by atomic mass is 10.1. The lowest BCUT2D eigenvalue weighted by molar-refractivity contribution is -0.122. The van der Waals surface area contributed by atoms with Gasteiger partial charge in [0.05, 0.1) is 18.1 Å². The second kappa shape index (κ2) is 6.58. The Balaban J connectivity index is 1.85. The zero-order valence-corrected chi connectivity index (χ0v) is 13.3. The van der Waals surface area contributed by atoms with Gasteiger partial charge in [0, 0.05) is 12.1 Å². The minimum Gasteiger partial charge on any atom is -0.351 e. The van der Waals surface area contributed by atoms with E-state index in [9.17, 15) is 13.2 Å². The number of nitrogens with one attached hydrogen (secondary N) is 1. The van der Waals surface area contributed by atoms with Crippen LogP contribution < -0.4 is 5.32 Å². The Hall–Kier alpha value is -1.40. The van der Waals surface area contributed by atoms with Crippen LogP contribution in [0.1, 0.15) is 24.9 Å². The van der Waals surface area contributed by atoms with E-state index in [-0.39, 0.29) is 36.0 Å². The van der Waals surface area contributed by atoms with Gasteiger partial charge < -0.3 is 5.32 Å². The summed E-state index contributed by atoms with van der Waals surface area (Å²) >= 11 is 0. The van der Waals surface area contributed by atoms with Crippen LogP contribution in [0.2, 0.25) is 0 Å². The molecule has 1 saturated heterocycles. The average Bonchev–Trinajstić information content (AvgIpc) is 2.77. The Labute approximate surface area is 126 Å². The van der Waals surface area contributed by atoms with Crippen LogP contribution >= 0.6 is 0 Å². The molecule has 1 fully saturated rings. The van der Waals surface area contributed by atoms with Crippen LogP contribution in [0.5, 0.6) is 0 Å². The van der Waals surface area contributed by atoms with Gasteiger partial charge in [0.15, 0.2) is 9.84 Å². The molecule has 2 rings (SSSR count). The van der Waals surface area contributed by atoms with Crippen molar-refractivity contribution in [3.63, 3.8) is 0 Å². The zero-order valence-electron chi connectivity index (χ0n) is 12.5. The molecular weight excluding hydrogens is 288 g/mol. The summed E-state index contributed by atoms with van der Waals surface area (Å²) in [6.07, 6.45) is 0.520. The van der Waals surface area contributed by atoms with Crippen LogP contribution in [0.15, 0.2) is 30.3 Å². The molecule has 0 spiro atoms. The van der Waals surface area contributed by atoms with Crippen molar-refractivity contribution < 1.29 is 13.2 Å². The third kappa shape index (κ3) is 4.54. The van der Waals surface area contributed by atoms with E-state index in [1.165, 1.54) is 0 Å². The van der Waals surface area contributed by atoms with Crippen molar-refractivity contribution in [1.82, 2.24) is 10.2 Å². The molecule has 0 saturated carbocycles. The van der Waals surface area contributed by atoms with Gasteiger partial charge in [-0.25, -0.2) is 8.42 Å². The summed E-state index contributed by atoms with van der Waals surface area (Å²) in [7, 11) is -1.07. The molecule has 1 amide bonds. The lowest BCUT2D eigenvalue weighted by Gasteiger charge is -2.25. The Morgan fingerprint density at radius 3 is 2.62 bits per heavy atom. The number of rotatable bonds is 5. The SMILES string of the molecule is C[C@@H](c1ccccc1)N(C)CC(=O)N[C@@H]1CCS(=O)(=O)C1. The highest BCUT2D eigenvalue weighted by molar-refractivity contribution is 7.91. The number of hydrogen-bond donors (Lipinski definition) is 1. The fourth-order valence-electron chi connectivity index (χ4n) is 2.53. The molecule has 1 N–H and O–H groups in total. The third-order valence-corrected chi connectivity index (χ3v) is 5.70. The summed E-state index contributed by atoms with van der Waals surface area (Å²) in [6.45, 7) is 2.30. The molecule has 0 bridgehead atoms. The molecule has 21 heavy (non-hydrogen) atoms. The Bertz CT molecular complexity index is 586. The zero-order chi connectivity index (χ0) is 15.5. The highest BCUT2D eigenvalue weighted by Crippen LogP contribution is 2.17. The fraction of sp³-hybridized carbons (Fsp3) is 0.533. The van der Waals surface area contributed by atoms with Gasteiger partial charge in [-0.1, -0.05) is 30.3 Å². The van der Waals surface area contributed by atoms with Gasteiger partial charge in [0.25, 0.3) is 0 Å². The first-order valence-corrected chi connectivity index (χ1v) is 8.94. The van der Waals surface area contributed by atoms with Gasteiger partial charge >= 0.3 is 0 Å². The molecule has 0 radical (unpaired) electrons. The molecule has 1 aliphatic heterocycles. The minimum absolute atomic E-state index is 0.0662. The van der Waals surface area contributed by atoms with Crippen LogP contribution in [-0.2, 0) is 14.6 Å². The van der Waals surface area contributed by atoms with Crippen molar-refractivity contribution in [3.05, 3.63) is 35.9 Å². The van der Waals surface area contributed by atoms with E-state index in [2.05, 4.69) is 5.32 Å². The summed E-state index contributed by atoms with van der Waals surface area (Å²) in [4.78, 5) is 14.0. The summed E-state index contributed by atoms with van der Waals surface area (Å²) in [5.74, 6) is 0.118. The highest BCUT2D eigenvalue weighted by atomic mass is 32.2. The summed E-state index contributed by atoms with van der Waals surface area (Å²) < 4.78 is 22.8. The number of benzene rings is 1. The summed E-state index contributed by atoms with van der Waals surface area (Å²) in [6, 6.07) is 9.87. The first-order valence-electron chi connectivity index (χ1n) is 7.12. The maximum atomic E-state index is 12.0. The second-order valence-electron chi connectivity index (χ2n) is 5.67. The van der Waals surface area contributed by atoms with Gasteiger partial charge in [-0.15, -0.1) is 0 Å². The number of carbonyl (C=O) groups is 1. The first-order chi connectivity index (χ1) is 9.87. The predicted octanol–water partition coefficient (Wildman–Crippen LogP) is 0.983. The number of nitrogens with zero attached hydrogens (tertiary/aromatic N) is 1. The number of likely N-dealkylation sites (N-methyl/N-ethyl adjacent to an activating group) is 1. The van der Waals surface area contributed by atoms with Crippen LogP contribution in [0.25, 0.3) is 0 Å². The van der Waals surface area contributed by atoms with Crippen LogP contribution in [-0.4, -0.2) is 50.4 Å². The van der Waals surface area contributed by atoms with Crippen LogP contribution in [0.3, 0.4) is 0 Å². The maximum Gasteiger partial charge on any atom is 0.234 e. The van der Waals surface area contributed by atoms with Crippen molar-refractivity contribution in [2.45, 2.75) is 25.4 Å². The maximum absolute atomic E-state index is 12.0. The number of carbonyl (C=O) groups excluding carboxylic acids is 1. The van der Waals surface area contributed by atoms with Gasteiger partial charge in [-0.2, -0.15) is 0 Å². The van der Waals surface area contributed by atoms with Crippen molar-refractivity contribution in [1.29, 1.82) is 0 Å². The molecular formula is C15H22N2O3S. The Morgan fingerprint density at radius 2 is 2.05 bits per heavy atom. The second-order valence-corrected chi connectivity index (χ2v) is 7.90. The van der Waals surface area contributed by atoms with Crippen LogP contribution in [0, 0.1) is 0 Å². The molecule has 0 aromatic heterocycles. The van der Waals surface area contributed by atoms with Crippen molar-refractivity contribution in [3.8, 4) is 0 Å². The smallest absolute Gasteiger partial charge is 0.234 e. The van der Waals surface area contributed by atoms with E-state index in [4.69, 9.17) is 0 Å². The molecule has 5 nitrogen and oxygen atoms in total. The molecule has 1 aliphatic rings. The van der Waals surface area contributed by atoms with E-state index in [0.29, 0.717) is 6.42 Å². The molecule has 2 atom stereocenters. The van der Waals surface area contributed by atoms with Crippen molar-refractivity contribution in [2.75, 3.05) is 25.1 Å². The van der Waals surface area contributed by atoms with Gasteiger partial charge in [-0.3, -0.25) is 9.69 Å². The van der Waals surface area contributed by atoms with Gasteiger partial charge in [-0.05, 0) is 26.0 Å². The lowest BCUT2D eigenvalue weighted by Crippen LogP contribution is -2.42. The molecule has 116 valence electrons. The van der Waals surface area contributed by atoms with E-state index in [0.717, 1.165) is 5.56 Å². The third-order valence-electron chi connectivity index (χ3n) is 3.93. The molecule has 6 heteroatoms. The normalized spacial score (nSPS) is 22.1. The number of sulfone groups is 1. The molecule has 1 aromatic rings. The standard InChI is InChI=1S/C15H22N2O3S/c1-12(13-6-4-3-5-7-13)17(2)10-15(18)16-14-8-9-21(19,20)11-14/h3-7,12,14H,8-11H2,1-2H3,(H,16,18)/t12-,14+/m0/s1. The number of hydrogen-bond acceptors (Lipinski definition) is 4. The largest absolute Gasteiger partial charge is 0.351 e. The van der Waals surface area contributed by atoms with E-state index >= 15 is 0 Å². The predicted molar refractivity (Wildman–Crippen MR) is 82.7 cm³/mol. The van der Waals surface area contributed by atoms with E-state index in [1.54, 1.807) is 0 Å². The topological polar surface area (TPSA) is 66.5 Å². The van der Waals surface area contributed by atoms with Crippen molar-refractivity contribution in [2.24, 2.45) is 0 Å². The molecule has 1 heterocycles. The van der Waals surface area contributed by atoms with E-state index < -0.39 is 9.84 Å².